The quantitative estimate of drug-likeness (QED) is 0.524. The molecule has 2 N–H and O–H groups in total. The van der Waals surface area contributed by atoms with E-state index in [9.17, 15) is 9.90 Å². The number of carboxylic acids is 1. The van der Waals surface area contributed by atoms with Crippen LogP contribution in [0.4, 0.5) is 0 Å². The number of carbonyl (C=O) groups is 1. The summed E-state index contributed by atoms with van der Waals surface area (Å²) in [5, 5.41) is 16.7. The van der Waals surface area contributed by atoms with E-state index in [4.69, 9.17) is 0 Å². The van der Waals surface area contributed by atoms with Crippen molar-refractivity contribution in [1.29, 1.82) is 0 Å². The Balaban J connectivity index is 1.99. The third kappa shape index (κ3) is 3.72. The Morgan fingerprint density at radius 2 is 1.88 bits per heavy atom. The fraction of sp³-hybridized carbons (Fsp3) is 0.211. The van der Waals surface area contributed by atoms with Crippen molar-refractivity contribution in [3.63, 3.8) is 0 Å². The zero-order valence-electron chi connectivity index (χ0n) is 15.1. The van der Waals surface area contributed by atoms with Crippen LogP contribution in [0, 0.1) is 27.7 Å². The standard InChI is InChI=1S/C19H20N4O2S/c1-11-5-7-16(8-6-11)23-12(2)9-15(13(23)3)10-17(18(24)25)26-19-20-14(4)21-22-19/h5-10H,1-4H3,(H,24,25)(H,20,21,22)/b17-10-. The minimum atomic E-state index is -1.00. The molecule has 0 saturated carbocycles. The minimum Gasteiger partial charge on any atom is -0.477 e. The van der Waals surface area contributed by atoms with Gasteiger partial charge in [-0.1, -0.05) is 17.7 Å². The number of aromatic nitrogens is 4. The molecule has 2 aromatic heterocycles. The van der Waals surface area contributed by atoms with E-state index in [-0.39, 0.29) is 4.91 Å². The zero-order valence-corrected chi connectivity index (χ0v) is 15.9. The average molecular weight is 368 g/mol. The number of nitrogens with one attached hydrogen (secondary N) is 1. The summed E-state index contributed by atoms with van der Waals surface area (Å²) in [5.74, 6) is -0.354. The highest BCUT2D eigenvalue weighted by Crippen LogP contribution is 2.29. The van der Waals surface area contributed by atoms with Crippen molar-refractivity contribution in [3.05, 3.63) is 63.6 Å². The fourth-order valence-electron chi connectivity index (χ4n) is 2.77. The minimum absolute atomic E-state index is 0.174. The van der Waals surface area contributed by atoms with Crippen LogP contribution in [-0.2, 0) is 4.79 Å². The predicted octanol–water partition coefficient (Wildman–Crippen LogP) is 4.05. The first-order valence-corrected chi connectivity index (χ1v) is 8.94. The lowest BCUT2D eigenvalue weighted by atomic mass is 10.2. The summed E-state index contributed by atoms with van der Waals surface area (Å²) in [7, 11) is 0. The molecule has 3 aromatic rings. The maximum Gasteiger partial charge on any atom is 0.342 e. The van der Waals surface area contributed by atoms with Crippen LogP contribution in [0.2, 0.25) is 0 Å². The largest absolute Gasteiger partial charge is 0.477 e. The number of carboxylic acid groups (broad SMARTS) is 1. The van der Waals surface area contributed by atoms with Crippen molar-refractivity contribution in [2.45, 2.75) is 32.9 Å². The molecule has 0 unspecified atom stereocenters. The Kier molecular flexibility index (Phi) is 4.99. The number of hydrogen-bond acceptors (Lipinski definition) is 4. The number of rotatable bonds is 5. The van der Waals surface area contributed by atoms with Crippen LogP contribution in [0.25, 0.3) is 11.8 Å². The second-order valence-corrected chi connectivity index (χ2v) is 7.13. The third-order valence-electron chi connectivity index (χ3n) is 4.04. The normalized spacial score (nSPS) is 11.8. The smallest absolute Gasteiger partial charge is 0.342 e. The Hall–Kier alpha value is -2.80. The summed E-state index contributed by atoms with van der Waals surface area (Å²) in [4.78, 5) is 16.0. The molecule has 6 nitrogen and oxygen atoms in total. The van der Waals surface area contributed by atoms with Gasteiger partial charge in [0.2, 0.25) is 5.16 Å². The second-order valence-electron chi connectivity index (χ2n) is 6.12. The Labute approximate surface area is 156 Å². The number of nitrogens with zero attached hydrogens (tertiary/aromatic N) is 3. The van der Waals surface area contributed by atoms with Gasteiger partial charge in [0.05, 0.1) is 0 Å². The van der Waals surface area contributed by atoms with Gasteiger partial charge in [-0.05, 0) is 69.3 Å². The average Bonchev–Trinajstić information content (AvgIpc) is 3.11. The van der Waals surface area contributed by atoms with E-state index in [1.807, 2.05) is 19.9 Å². The molecular formula is C19H20N4O2S. The van der Waals surface area contributed by atoms with Crippen molar-refractivity contribution in [1.82, 2.24) is 19.7 Å². The van der Waals surface area contributed by atoms with Crippen LogP contribution in [-0.4, -0.2) is 30.8 Å². The van der Waals surface area contributed by atoms with Crippen LogP contribution in [0.3, 0.4) is 0 Å². The summed E-state index contributed by atoms with van der Waals surface area (Å²) in [5.41, 5.74) is 5.14. The molecule has 2 heterocycles. The first kappa shape index (κ1) is 18.0. The zero-order chi connectivity index (χ0) is 18.8. The van der Waals surface area contributed by atoms with Gasteiger partial charge in [0.15, 0.2) is 0 Å². The number of hydrogen-bond donors (Lipinski definition) is 2. The molecule has 1 aromatic carbocycles. The molecule has 0 fully saturated rings. The van der Waals surface area contributed by atoms with E-state index in [2.05, 4.69) is 50.9 Å². The fourth-order valence-corrected chi connectivity index (χ4v) is 3.51. The highest BCUT2D eigenvalue weighted by molar-refractivity contribution is 8.04. The van der Waals surface area contributed by atoms with E-state index in [0.29, 0.717) is 11.0 Å². The van der Waals surface area contributed by atoms with Gasteiger partial charge in [-0.3, -0.25) is 5.10 Å². The van der Waals surface area contributed by atoms with Crippen molar-refractivity contribution in [2.24, 2.45) is 0 Å². The molecular weight excluding hydrogens is 348 g/mol. The molecule has 26 heavy (non-hydrogen) atoms. The Morgan fingerprint density at radius 3 is 2.46 bits per heavy atom. The first-order valence-electron chi connectivity index (χ1n) is 8.13. The molecule has 0 atom stereocenters. The van der Waals surface area contributed by atoms with Crippen molar-refractivity contribution < 1.29 is 9.90 Å². The van der Waals surface area contributed by atoms with E-state index in [0.717, 1.165) is 34.4 Å². The number of benzene rings is 1. The van der Waals surface area contributed by atoms with Crippen LogP contribution in [0.5, 0.6) is 0 Å². The topological polar surface area (TPSA) is 83.8 Å². The summed E-state index contributed by atoms with van der Waals surface area (Å²) < 4.78 is 2.12. The van der Waals surface area contributed by atoms with Gasteiger partial charge in [0.25, 0.3) is 0 Å². The number of aryl methyl sites for hydroxylation is 3. The first-order chi connectivity index (χ1) is 12.3. The highest BCUT2D eigenvalue weighted by Gasteiger charge is 2.16. The SMILES string of the molecule is Cc1ccc(-n2c(C)cc(/C=C(\Sc3n[nH]c(C)n3)C(=O)O)c2C)cc1. The number of thioether (sulfide) groups is 1. The molecule has 0 aliphatic carbocycles. The maximum absolute atomic E-state index is 11.7. The maximum atomic E-state index is 11.7. The van der Waals surface area contributed by atoms with Gasteiger partial charge in [-0.2, -0.15) is 0 Å². The second kappa shape index (κ2) is 7.21. The van der Waals surface area contributed by atoms with Crippen molar-refractivity contribution in [2.75, 3.05) is 0 Å². The van der Waals surface area contributed by atoms with E-state index in [1.165, 1.54) is 5.56 Å². The highest BCUT2D eigenvalue weighted by atomic mass is 32.2. The lowest BCUT2D eigenvalue weighted by molar-refractivity contribution is -0.131. The lowest BCUT2D eigenvalue weighted by Crippen LogP contribution is -2.00. The number of H-pyrrole nitrogens is 1. The summed E-state index contributed by atoms with van der Waals surface area (Å²) in [6, 6.07) is 10.2. The molecule has 7 heteroatoms. The summed E-state index contributed by atoms with van der Waals surface area (Å²) in [6.07, 6.45) is 1.67. The van der Waals surface area contributed by atoms with Crippen LogP contribution < -0.4 is 0 Å². The van der Waals surface area contributed by atoms with Gasteiger partial charge in [0, 0.05) is 17.1 Å². The molecule has 0 spiro atoms. The van der Waals surface area contributed by atoms with Gasteiger partial charge < -0.3 is 9.67 Å². The van der Waals surface area contributed by atoms with Gasteiger partial charge in [-0.15, -0.1) is 5.10 Å². The molecule has 0 radical (unpaired) electrons. The number of aromatic amines is 1. The molecule has 134 valence electrons. The van der Waals surface area contributed by atoms with E-state index < -0.39 is 5.97 Å². The Morgan fingerprint density at radius 1 is 1.19 bits per heavy atom. The number of aliphatic carboxylic acids is 1. The summed E-state index contributed by atoms with van der Waals surface area (Å²) in [6.45, 7) is 7.82. The van der Waals surface area contributed by atoms with Crippen LogP contribution >= 0.6 is 11.8 Å². The predicted molar refractivity (Wildman–Crippen MR) is 103 cm³/mol. The summed E-state index contributed by atoms with van der Waals surface area (Å²) >= 11 is 1.03. The van der Waals surface area contributed by atoms with Crippen molar-refractivity contribution >= 4 is 23.8 Å². The van der Waals surface area contributed by atoms with E-state index >= 15 is 0 Å². The van der Waals surface area contributed by atoms with Gasteiger partial charge >= 0.3 is 5.97 Å². The molecule has 0 saturated heterocycles. The molecule has 3 rings (SSSR count). The third-order valence-corrected chi connectivity index (χ3v) is 4.92. The van der Waals surface area contributed by atoms with Crippen molar-refractivity contribution in [3.8, 4) is 5.69 Å². The Bertz CT molecular complexity index is 984. The van der Waals surface area contributed by atoms with E-state index in [1.54, 1.807) is 13.0 Å². The molecule has 0 aliphatic heterocycles. The lowest BCUT2D eigenvalue weighted by Gasteiger charge is -2.10. The van der Waals surface area contributed by atoms with Gasteiger partial charge in [0.1, 0.15) is 10.7 Å². The van der Waals surface area contributed by atoms with Crippen LogP contribution in [0.1, 0.15) is 28.3 Å². The molecule has 0 amide bonds. The molecule has 0 bridgehead atoms. The monoisotopic (exact) mass is 368 g/mol. The van der Waals surface area contributed by atoms with Gasteiger partial charge in [-0.25, -0.2) is 9.78 Å². The molecule has 0 aliphatic rings. The van der Waals surface area contributed by atoms with Crippen LogP contribution in [0.15, 0.2) is 40.4 Å².